The molecule has 1 aromatic rings. The quantitative estimate of drug-likeness (QED) is 0.773. The second-order valence-corrected chi connectivity index (χ2v) is 8.52. The van der Waals surface area contributed by atoms with Crippen molar-refractivity contribution in [2.24, 2.45) is 5.73 Å². The van der Waals surface area contributed by atoms with Gasteiger partial charge in [-0.2, -0.15) is 11.8 Å². The molecule has 7 heteroatoms. The lowest BCUT2D eigenvalue weighted by Gasteiger charge is -2.19. The Bertz CT molecular complexity index is 616. The molecule has 2 rings (SSSR count). The van der Waals surface area contributed by atoms with Crippen LogP contribution in [0.4, 0.5) is 0 Å². The van der Waals surface area contributed by atoms with Gasteiger partial charge < -0.3 is 5.73 Å². The lowest BCUT2D eigenvalue weighted by molar-refractivity contribution is 0.554. The minimum atomic E-state index is -3.35. The van der Waals surface area contributed by atoms with Crippen molar-refractivity contribution in [2.45, 2.75) is 36.3 Å². The van der Waals surface area contributed by atoms with Crippen LogP contribution in [0.25, 0.3) is 0 Å². The Hall–Kier alpha value is -0.630. The molecule has 2 atom stereocenters. The second kappa shape index (κ2) is 7.09. The molecule has 0 aliphatic heterocycles. The van der Waals surface area contributed by atoms with Crippen molar-refractivity contribution in [3.8, 4) is 0 Å². The highest BCUT2D eigenvalue weighted by molar-refractivity contribution is 7.99. The zero-order chi connectivity index (χ0) is 15.5. The van der Waals surface area contributed by atoms with E-state index < -0.39 is 10.0 Å². The lowest BCUT2D eigenvalue weighted by atomic mass is 10.1. The minimum Gasteiger partial charge on any atom is -0.389 e. The zero-order valence-electron chi connectivity index (χ0n) is 11.9. The third-order valence-electron chi connectivity index (χ3n) is 3.65. The van der Waals surface area contributed by atoms with Gasteiger partial charge in [0.2, 0.25) is 10.0 Å². The van der Waals surface area contributed by atoms with Crippen molar-refractivity contribution in [3.63, 3.8) is 0 Å². The number of nitrogens with two attached hydrogens (primary N) is 1. The first kappa shape index (κ1) is 16.7. The summed E-state index contributed by atoms with van der Waals surface area (Å²) >= 11 is 6.65. The number of sulfonamides is 1. The maximum Gasteiger partial charge on any atom is 0.216 e. The molecule has 1 aliphatic carbocycles. The molecule has 116 valence electrons. The van der Waals surface area contributed by atoms with E-state index in [0.29, 0.717) is 16.4 Å². The summed E-state index contributed by atoms with van der Waals surface area (Å²) in [5.41, 5.74) is 6.97. The fourth-order valence-electron chi connectivity index (χ4n) is 2.65. The van der Waals surface area contributed by atoms with E-state index in [1.807, 2.05) is 6.26 Å². The largest absolute Gasteiger partial charge is 0.389 e. The Morgan fingerprint density at radius 3 is 2.90 bits per heavy atom. The summed E-state index contributed by atoms with van der Waals surface area (Å²) in [6, 6.07) is 7.12. The van der Waals surface area contributed by atoms with Gasteiger partial charge in [-0.1, -0.05) is 36.8 Å². The predicted molar refractivity (Wildman–Crippen MR) is 93.0 cm³/mol. The normalized spacial score (nSPS) is 22.3. The highest BCUT2D eigenvalue weighted by atomic mass is 32.2. The summed E-state index contributed by atoms with van der Waals surface area (Å²) < 4.78 is 27.5. The summed E-state index contributed by atoms with van der Waals surface area (Å²) in [5.74, 6) is -0.0406. The van der Waals surface area contributed by atoms with Gasteiger partial charge in [-0.05, 0) is 30.7 Å². The van der Waals surface area contributed by atoms with Crippen LogP contribution in [-0.4, -0.2) is 31.0 Å². The Kier molecular flexibility index (Phi) is 5.65. The molecule has 0 heterocycles. The highest BCUT2D eigenvalue weighted by Crippen LogP contribution is 2.29. The third-order valence-corrected chi connectivity index (χ3v) is 6.44. The van der Waals surface area contributed by atoms with Crippen LogP contribution < -0.4 is 10.5 Å². The van der Waals surface area contributed by atoms with Gasteiger partial charge in [-0.25, -0.2) is 13.1 Å². The molecule has 0 bridgehead atoms. The molecule has 1 aromatic carbocycles. The summed E-state index contributed by atoms with van der Waals surface area (Å²) in [4.78, 5) is 0.278. The van der Waals surface area contributed by atoms with E-state index in [-0.39, 0.29) is 16.8 Å². The van der Waals surface area contributed by atoms with Crippen LogP contribution in [0, 0.1) is 0 Å². The Morgan fingerprint density at radius 2 is 2.24 bits per heavy atom. The van der Waals surface area contributed by atoms with Crippen molar-refractivity contribution in [2.75, 3.05) is 6.26 Å². The van der Waals surface area contributed by atoms with Gasteiger partial charge in [-0.15, -0.1) is 0 Å². The molecule has 21 heavy (non-hydrogen) atoms. The Labute approximate surface area is 135 Å². The van der Waals surface area contributed by atoms with Gasteiger partial charge in [-0.3, -0.25) is 0 Å². The van der Waals surface area contributed by atoms with Crippen molar-refractivity contribution < 1.29 is 8.42 Å². The van der Waals surface area contributed by atoms with Crippen molar-refractivity contribution >= 4 is 39.0 Å². The van der Waals surface area contributed by atoms with Crippen LogP contribution in [0.1, 0.15) is 30.4 Å². The van der Waals surface area contributed by atoms with Gasteiger partial charge in [0, 0.05) is 16.9 Å². The van der Waals surface area contributed by atoms with Crippen molar-refractivity contribution in [1.82, 2.24) is 4.72 Å². The highest BCUT2D eigenvalue weighted by Gasteiger charge is 2.30. The molecule has 0 aromatic heterocycles. The molecule has 4 nitrogen and oxygen atoms in total. The fraction of sp³-hybridized carbons (Fsp3) is 0.500. The number of benzene rings is 1. The van der Waals surface area contributed by atoms with E-state index >= 15 is 0 Å². The summed E-state index contributed by atoms with van der Waals surface area (Å²) in [6.45, 7) is 0. The molecule has 1 fully saturated rings. The molecular formula is C14H20N2O2S3. The Morgan fingerprint density at radius 1 is 1.48 bits per heavy atom. The van der Waals surface area contributed by atoms with E-state index in [1.54, 1.807) is 36.0 Å². The molecular weight excluding hydrogens is 324 g/mol. The molecule has 0 spiro atoms. The first-order valence-corrected chi connectivity index (χ1v) is 10.2. The SMILES string of the molecule is CSC1CCCC1NS(=O)(=O)Cc1cccc(C(N)=S)c1. The zero-order valence-corrected chi connectivity index (χ0v) is 14.4. The van der Waals surface area contributed by atoms with Gasteiger partial charge >= 0.3 is 0 Å². The number of nitrogens with one attached hydrogen (secondary N) is 1. The van der Waals surface area contributed by atoms with Gasteiger partial charge in [0.05, 0.1) is 5.75 Å². The standard InChI is InChI=1S/C14H20N2O2S3/c1-20-13-7-3-6-12(13)16-21(17,18)9-10-4-2-5-11(8-10)14(15)19/h2,4-5,8,12-13,16H,3,6-7,9H2,1H3,(H2,15,19). The fourth-order valence-corrected chi connectivity index (χ4v) is 5.24. The van der Waals surface area contributed by atoms with Crippen LogP contribution >= 0.6 is 24.0 Å². The van der Waals surface area contributed by atoms with Gasteiger partial charge in [0.25, 0.3) is 0 Å². The van der Waals surface area contributed by atoms with Gasteiger partial charge in [0.1, 0.15) is 4.99 Å². The van der Waals surface area contributed by atoms with Crippen LogP contribution in [0.15, 0.2) is 24.3 Å². The topological polar surface area (TPSA) is 72.2 Å². The molecule has 0 saturated heterocycles. The number of thiocarbonyl (C=S) groups is 1. The first-order chi connectivity index (χ1) is 9.91. The third kappa shape index (κ3) is 4.67. The molecule has 3 N–H and O–H groups in total. The summed E-state index contributed by atoms with van der Waals surface area (Å²) in [7, 11) is -3.35. The first-order valence-electron chi connectivity index (χ1n) is 6.83. The monoisotopic (exact) mass is 344 g/mol. The average Bonchev–Trinajstić information content (AvgIpc) is 2.84. The maximum atomic E-state index is 12.3. The van der Waals surface area contributed by atoms with Crippen LogP contribution in [0.2, 0.25) is 0 Å². The molecule has 2 unspecified atom stereocenters. The minimum absolute atomic E-state index is 0.0406. The molecule has 0 amide bonds. The van der Waals surface area contributed by atoms with Crippen molar-refractivity contribution in [1.29, 1.82) is 0 Å². The maximum absolute atomic E-state index is 12.3. The average molecular weight is 345 g/mol. The smallest absolute Gasteiger partial charge is 0.216 e. The van der Waals surface area contributed by atoms with E-state index in [9.17, 15) is 8.42 Å². The summed E-state index contributed by atoms with van der Waals surface area (Å²) in [5, 5.41) is 0.378. The number of hydrogen-bond acceptors (Lipinski definition) is 4. The van der Waals surface area contributed by atoms with E-state index in [4.69, 9.17) is 18.0 Å². The van der Waals surface area contributed by atoms with E-state index in [2.05, 4.69) is 4.72 Å². The van der Waals surface area contributed by atoms with Crippen LogP contribution in [0.3, 0.4) is 0 Å². The van der Waals surface area contributed by atoms with Gasteiger partial charge in [0.15, 0.2) is 0 Å². The molecule has 1 saturated carbocycles. The lowest BCUT2D eigenvalue weighted by Crippen LogP contribution is -2.39. The number of thioether (sulfide) groups is 1. The van der Waals surface area contributed by atoms with Crippen molar-refractivity contribution in [3.05, 3.63) is 35.4 Å². The molecule has 0 radical (unpaired) electrons. The second-order valence-electron chi connectivity index (χ2n) is 5.25. The van der Waals surface area contributed by atoms with Crippen LogP contribution in [0.5, 0.6) is 0 Å². The summed E-state index contributed by atoms with van der Waals surface area (Å²) in [6.07, 6.45) is 5.10. The van der Waals surface area contributed by atoms with E-state index in [1.165, 1.54) is 0 Å². The molecule has 1 aliphatic rings. The number of hydrogen-bond donors (Lipinski definition) is 2. The predicted octanol–water partition coefficient (Wildman–Crippen LogP) is 2.02. The number of rotatable bonds is 6. The van der Waals surface area contributed by atoms with E-state index in [0.717, 1.165) is 19.3 Å². The Balaban J connectivity index is 2.07. The van der Waals surface area contributed by atoms with Crippen LogP contribution in [-0.2, 0) is 15.8 Å².